The van der Waals surface area contributed by atoms with E-state index in [1.807, 2.05) is 12.1 Å². The normalized spacial score (nSPS) is 22.8. The highest BCUT2D eigenvalue weighted by Crippen LogP contribution is 2.29. The van der Waals surface area contributed by atoms with Gasteiger partial charge in [0.2, 0.25) is 5.91 Å². The second-order valence-electron chi connectivity index (χ2n) is 6.01. The van der Waals surface area contributed by atoms with E-state index < -0.39 is 0 Å². The molecule has 4 nitrogen and oxygen atoms in total. The minimum Gasteiger partial charge on any atom is -0.326 e. The highest BCUT2D eigenvalue weighted by molar-refractivity contribution is 5.92. The van der Waals surface area contributed by atoms with E-state index in [2.05, 4.69) is 29.5 Å². The monoisotopic (exact) mass is 275 g/mol. The first-order valence-corrected chi connectivity index (χ1v) is 7.59. The van der Waals surface area contributed by atoms with Crippen molar-refractivity contribution in [2.45, 2.75) is 45.6 Å². The van der Waals surface area contributed by atoms with Crippen LogP contribution in [0.4, 0.5) is 5.69 Å². The van der Waals surface area contributed by atoms with Crippen LogP contribution in [0.2, 0.25) is 0 Å². The van der Waals surface area contributed by atoms with Crippen LogP contribution in [0, 0.1) is 11.8 Å². The Hall–Kier alpha value is -1.42. The number of anilines is 1. The van der Waals surface area contributed by atoms with Gasteiger partial charge in [0, 0.05) is 30.0 Å². The van der Waals surface area contributed by atoms with Gasteiger partial charge in [-0.3, -0.25) is 9.78 Å². The molecule has 1 aliphatic carbocycles. The molecular formula is C16H25N3O. The summed E-state index contributed by atoms with van der Waals surface area (Å²) in [5.74, 6) is 1.05. The molecule has 20 heavy (non-hydrogen) atoms. The molecule has 1 aliphatic rings. The van der Waals surface area contributed by atoms with Crippen molar-refractivity contribution in [1.29, 1.82) is 0 Å². The first kappa shape index (κ1) is 15.0. The standard InChI is InChI=1S/C16H25N3O/c1-12(2)18-11-13-3-5-14(6-4-13)16(20)19-15-7-9-17-10-8-15/h7-10,12-14,18H,3-6,11H2,1-2H3,(H,17,19,20)/t13-,14-. The van der Waals surface area contributed by atoms with Gasteiger partial charge in [-0.25, -0.2) is 0 Å². The molecule has 4 heteroatoms. The van der Waals surface area contributed by atoms with E-state index in [0.717, 1.165) is 43.8 Å². The number of nitrogens with one attached hydrogen (secondary N) is 2. The lowest BCUT2D eigenvalue weighted by Crippen LogP contribution is -2.33. The Morgan fingerprint density at radius 3 is 2.50 bits per heavy atom. The molecule has 0 aliphatic heterocycles. The van der Waals surface area contributed by atoms with E-state index in [-0.39, 0.29) is 11.8 Å². The second kappa shape index (κ2) is 7.39. The van der Waals surface area contributed by atoms with Crippen LogP contribution in [-0.2, 0) is 4.79 Å². The molecular weight excluding hydrogens is 250 g/mol. The van der Waals surface area contributed by atoms with Gasteiger partial charge in [0.25, 0.3) is 0 Å². The van der Waals surface area contributed by atoms with Crippen LogP contribution in [0.3, 0.4) is 0 Å². The first-order chi connectivity index (χ1) is 9.65. The fourth-order valence-electron chi connectivity index (χ4n) is 2.71. The van der Waals surface area contributed by atoms with Crippen LogP contribution in [-0.4, -0.2) is 23.5 Å². The number of hydrogen-bond acceptors (Lipinski definition) is 3. The molecule has 1 fully saturated rings. The molecule has 0 bridgehead atoms. The molecule has 2 rings (SSSR count). The number of hydrogen-bond donors (Lipinski definition) is 2. The minimum atomic E-state index is 0.159. The molecule has 1 amide bonds. The molecule has 2 N–H and O–H groups in total. The van der Waals surface area contributed by atoms with E-state index in [4.69, 9.17) is 0 Å². The van der Waals surface area contributed by atoms with Gasteiger partial charge >= 0.3 is 0 Å². The average Bonchev–Trinajstić information content (AvgIpc) is 2.46. The molecule has 0 radical (unpaired) electrons. The van der Waals surface area contributed by atoms with E-state index >= 15 is 0 Å². The number of amides is 1. The van der Waals surface area contributed by atoms with Crippen LogP contribution >= 0.6 is 0 Å². The number of carbonyl (C=O) groups is 1. The predicted octanol–water partition coefficient (Wildman–Crippen LogP) is 2.82. The summed E-state index contributed by atoms with van der Waals surface area (Å²) in [5, 5.41) is 6.47. The van der Waals surface area contributed by atoms with Crippen molar-refractivity contribution in [2.75, 3.05) is 11.9 Å². The Bertz CT molecular complexity index is 411. The minimum absolute atomic E-state index is 0.159. The summed E-state index contributed by atoms with van der Waals surface area (Å²) in [6.45, 7) is 5.43. The zero-order valence-corrected chi connectivity index (χ0v) is 12.4. The second-order valence-corrected chi connectivity index (χ2v) is 6.01. The van der Waals surface area contributed by atoms with Crippen molar-refractivity contribution in [3.05, 3.63) is 24.5 Å². The lowest BCUT2D eigenvalue weighted by molar-refractivity contribution is -0.121. The molecule has 0 atom stereocenters. The van der Waals surface area contributed by atoms with Crippen molar-refractivity contribution in [1.82, 2.24) is 10.3 Å². The van der Waals surface area contributed by atoms with Gasteiger partial charge in [-0.2, -0.15) is 0 Å². The van der Waals surface area contributed by atoms with Gasteiger partial charge in [-0.1, -0.05) is 13.8 Å². The number of carbonyl (C=O) groups excluding carboxylic acids is 1. The topological polar surface area (TPSA) is 54.0 Å². The quantitative estimate of drug-likeness (QED) is 0.869. The van der Waals surface area contributed by atoms with Crippen molar-refractivity contribution in [3.8, 4) is 0 Å². The third-order valence-electron chi connectivity index (χ3n) is 3.98. The predicted molar refractivity (Wildman–Crippen MR) is 81.5 cm³/mol. The van der Waals surface area contributed by atoms with E-state index in [9.17, 15) is 4.79 Å². The first-order valence-electron chi connectivity index (χ1n) is 7.59. The van der Waals surface area contributed by atoms with Crippen molar-refractivity contribution in [2.24, 2.45) is 11.8 Å². The molecule has 0 unspecified atom stereocenters. The van der Waals surface area contributed by atoms with Crippen LogP contribution in [0.15, 0.2) is 24.5 Å². The SMILES string of the molecule is CC(C)NC[C@H]1CC[C@H](C(=O)Nc2ccncc2)CC1. The third kappa shape index (κ3) is 4.60. The number of rotatable bonds is 5. The summed E-state index contributed by atoms with van der Waals surface area (Å²) in [4.78, 5) is 16.1. The molecule has 0 spiro atoms. The molecule has 1 aromatic rings. The van der Waals surface area contributed by atoms with E-state index in [1.54, 1.807) is 12.4 Å². The fraction of sp³-hybridized carbons (Fsp3) is 0.625. The summed E-state index contributed by atoms with van der Waals surface area (Å²) in [6.07, 6.45) is 7.69. The Labute approximate surface area is 121 Å². The van der Waals surface area contributed by atoms with E-state index in [0.29, 0.717) is 6.04 Å². The number of pyridine rings is 1. The van der Waals surface area contributed by atoms with Gasteiger partial charge in [0.15, 0.2) is 0 Å². The Morgan fingerprint density at radius 2 is 1.90 bits per heavy atom. The van der Waals surface area contributed by atoms with Crippen LogP contribution in [0.25, 0.3) is 0 Å². The summed E-state index contributed by atoms with van der Waals surface area (Å²) in [5.41, 5.74) is 0.841. The maximum absolute atomic E-state index is 12.2. The average molecular weight is 275 g/mol. The van der Waals surface area contributed by atoms with Gasteiger partial charge in [0.05, 0.1) is 0 Å². The van der Waals surface area contributed by atoms with Gasteiger partial charge in [-0.15, -0.1) is 0 Å². The maximum atomic E-state index is 12.2. The Morgan fingerprint density at radius 1 is 1.25 bits per heavy atom. The molecule has 110 valence electrons. The van der Waals surface area contributed by atoms with Crippen LogP contribution in [0.5, 0.6) is 0 Å². The number of nitrogens with zero attached hydrogens (tertiary/aromatic N) is 1. The smallest absolute Gasteiger partial charge is 0.227 e. The zero-order valence-electron chi connectivity index (χ0n) is 12.4. The van der Waals surface area contributed by atoms with Gasteiger partial charge < -0.3 is 10.6 Å². The number of aromatic nitrogens is 1. The lowest BCUT2D eigenvalue weighted by Gasteiger charge is -2.28. The van der Waals surface area contributed by atoms with Crippen molar-refractivity contribution in [3.63, 3.8) is 0 Å². The van der Waals surface area contributed by atoms with E-state index in [1.165, 1.54) is 0 Å². The maximum Gasteiger partial charge on any atom is 0.227 e. The Balaban J connectivity index is 1.74. The Kier molecular flexibility index (Phi) is 5.53. The summed E-state index contributed by atoms with van der Waals surface area (Å²) in [6, 6.07) is 4.20. The molecule has 1 heterocycles. The van der Waals surface area contributed by atoms with Crippen LogP contribution in [0.1, 0.15) is 39.5 Å². The molecule has 1 saturated carbocycles. The highest BCUT2D eigenvalue weighted by atomic mass is 16.1. The zero-order chi connectivity index (χ0) is 14.4. The van der Waals surface area contributed by atoms with Crippen LogP contribution < -0.4 is 10.6 Å². The van der Waals surface area contributed by atoms with Gasteiger partial charge in [-0.05, 0) is 50.3 Å². The summed E-state index contributed by atoms with van der Waals surface area (Å²) < 4.78 is 0. The summed E-state index contributed by atoms with van der Waals surface area (Å²) >= 11 is 0. The van der Waals surface area contributed by atoms with Crippen molar-refractivity contribution < 1.29 is 4.79 Å². The lowest BCUT2D eigenvalue weighted by atomic mass is 9.81. The highest BCUT2D eigenvalue weighted by Gasteiger charge is 2.26. The largest absolute Gasteiger partial charge is 0.326 e. The van der Waals surface area contributed by atoms with Gasteiger partial charge in [0.1, 0.15) is 0 Å². The third-order valence-corrected chi connectivity index (χ3v) is 3.98. The summed E-state index contributed by atoms with van der Waals surface area (Å²) in [7, 11) is 0. The molecule has 0 aromatic carbocycles. The molecule has 1 aromatic heterocycles. The van der Waals surface area contributed by atoms with Crippen molar-refractivity contribution >= 4 is 11.6 Å². The fourth-order valence-corrected chi connectivity index (χ4v) is 2.71. The molecule has 0 saturated heterocycles.